The molecule has 1 fully saturated rings. The van der Waals surface area contributed by atoms with Gasteiger partial charge in [-0.25, -0.2) is 0 Å². The number of benzene rings is 1. The van der Waals surface area contributed by atoms with Crippen LogP contribution in [0.3, 0.4) is 0 Å². The molecule has 0 radical (unpaired) electrons. The maximum absolute atomic E-state index is 12.2. The second-order valence-corrected chi connectivity index (χ2v) is 5.12. The van der Waals surface area contributed by atoms with Crippen molar-refractivity contribution in [3.63, 3.8) is 0 Å². The second-order valence-electron chi connectivity index (χ2n) is 5.12. The summed E-state index contributed by atoms with van der Waals surface area (Å²) in [4.78, 5) is 2.16. The third kappa shape index (κ3) is 4.42. The van der Waals surface area contributed by atoms with E-state index in [2.05, 4.69) is 16.3 Å². The normalized spacial score (nSPS) is 20.6. The lowest BCUT2D eigenvalue weighted by Gasteiger charge is -2.35. The molecule has 1 aromatic rings. The average Bonchev–Trinajstić information content (AvgIpc) is 2.36. The van der Waals surface area contributed by atoms with Crippen molar-refractivity contribution in [2.45, 2.75) is 32.0 Å². The Balaban J connectivity index is 1.94. The predicted octanol–water partition coefficient (Wildman–Crippen LogP) is 3.12. The molecule has 1 heterocycles. The van der Waals surface area contributed by atoms with Gasteiger partial charge in [-0.3, -0.25) is 0 Å². The van der Waals surface area contributed by atoms with Crippen LogP contribution in [0.2, 0.25) is 0 Å². The summed E-state index contributed by atoms with van der Waals surface area (Å²) in [5.41, 5.74) is 2.27. The van der Waals surface area contributed by atoms with Gasteiger partial charge >= 0.3 is 6.18 Å². The Kier molecular flexibility index (Phi) is 4.34. The van der Waals surface area contributed by atoms with Crippen molar-refractivity contribution in [3.8, 4) is 0 Å². The molecular formula is C14H19F3N2. The van der Waals surface area contributed by atoms with E-state index in [0.717, 1.165) is 25.1 Å². The number of piperidine rings is 1. The number of hydrogen-bond donors (Lipinski definition) is 1. The first-order valence-corrected chi connectivity index (χ1v) is 6.56. The molecule has 0 amide bonds. The number of nitrogens with one attached hydrogen (secondary N) is 1. The van der Waals surface area contributed by atoms with Crippen molar-refractivity contribution in [2.75, 3.05) is 24.5 Å². The maximum atomic E-state index is 12.2. The van der Waals surface area contributed by atoms with Crippen molar-refractivity contribution in [1.82, 2.24) is 5.32 Å². The number of anilines is 1. The molecule has 1 aromatic carbocycles. The van der Waals surface area contributed by atoms with Crippen LogP contribution in [0, 0.1) is 6.92 Å². The Morgan fingerprint density at radius 1 is 1.37 bits per heavy atom. The molecule has 1 aliphatic rings. The van der Waals surface area contributed by atoms with E-state index < -0.39 is 12.7 Å². The van der Waals surface area contributed by atoms with Gasteiger partial charge in [0.15, 0.2) is 0 Å². The van der Waals surface area contributed by atoms with Crippen LogP contribution in [0.5, 0.6) is 0 Å². The van der Waals surface area contributed by atoms with Gasteiger partial charge in [0.1, 0.15) is 0 Å². The highest BCUT2D eigenvalue weighted by atomic mass is 19.4. The van der Waals surface area contributed by atoms with Crippen molar-refractivity contribution in [3.05, 3.63) is 29.8 Å². The van der Waals surface area contributed by atoms with Crippen LogP contribution in [-0.4, -0.2) is 31.9 Å². The highest BCUT2D eigenvalue weighted by molar-refractivity contribution is 5.48. The second kappa shape index (κ2) is 5.82. The van der Waals surface area contributed by atoms with Crippen LogP contribution in [0.4, 0.5) is 18.9 Å². The van der Waals surface area contributed by atoms with Gasteiger partial charge < -0.3 is 10.2 Å². The number of nitrogens with zero attached hydrogens (tertiary/aromatic N) is 1. The molecule has 1 saturated heterocycles. The Bertz CT molecular complexity index is 417. The average molecular weight is 272 g/mol. The zero-order chi connectivity index (χ0) is 13.9. The quantitative estimate of drug-likeness (QED) is 0.909. The summed E-state index contributed by atoms with van der Waals surface area (Å²) in [5.74, 6) is 0. The minimum atomic E-state index is -4.13. The third-order valence-corrected chi connectivity index (χ3v) is 3.38. The van der Waals surface area contributed by atoms with Crippen LogP contribution >= 0.6 is 0 Å². The van der Waals surface area contributed by atoms with E-state index in [-0.39, 0.29) is 6.04 Å². The largest absolute Gasteiger partial charge is 0.401 e. The highest BCUT2D eigenvalue weighted by Crippen LogP contribution is 2.21. The molecule has 0 aliphatic carbocycles. The summed E-state index contributed by atoms with van der Waals surface area (Å²) in [6, 6.07) is 8.01. The molecule has 1 aliphatic heterocycles. The van der Waals surface area contributed by atoms with Gasteiger partial charge in [0.25, 0.3) is 0 Å². The fourth-order valence-corrected chi connectivity index (χ4v) is 2.46. The zero-order valence-electron chi connectivity index (χ0n) is 11.0. The molecule has 0 spiro atoms. The molecule has 0 saturated carbocycles. The lowest BCUT2D eigenvalue weighted by Crippen LogP contribution is -2.48. The molecule has 5 heteroatoms. The van der Waals surface area contributed by atoms with E-state index >= 15 is 0 Å². The monoisotopic (exact) mass is 272 g/mol. The van der Waals surface area contributed by atoms with Crippen molar-refractivity contribution >= 4 is 5.69 Å². The molecule has 2 nitrogen and oxygen atoms in total. The summed E-state index contributed by atoms with van der Waals surface area (Å²) in [5, 5.41) is 2.61. The van der Waals surface area contributed by atoms with Gasteiger partial charge in [-0.1, -0.05) is 12.1 Å². The summed E-state index contributed by atoms with van der Waals surface area (Å²) in [6.45, 7) is 2.67. The lowest BCUT2D eigenvalue weighted by molar-refractivity contribution is -0.126. The molecular weight excluding hydrogens is 253 g/mol. The minimum absolute atomic E-state index is 0.0871. The van der Waals surface area contributed by atoms with E-state index in [1.807, 2.05) is 25.1 Å². The zero-order valence-corrected chi connectivity index (χ0v) is 11.0. The Morgan fingerprint density at radius 2 is 2.16 bits per heavy atom. The topological polar surface area (TPSA) is 15.3 Å². The molecule has 0 bridgehead atoms. The molecule has 0 aromatic heterocycles. The molecule has 2 rings (SSSR count). The molecule has 19 heavy (non-hydrogen) atoms. The lowest BCUT2D eigenvalue weighted by atomic mass is 10.0. The van der Waals surface area contributed by atoms with Crippen molar-refractivity contribution in [1.29, 1.82) is 0 Å². The van der Waals surface area contributed by atoms with Gasteiger partial charge in [-0.2, -0.15) is 13.2 Å². The SMILES string of the molecule is Cc1cccc(N2CCCC(NCC(F)(F)F)C2)c1. The minimum Gasteiger partial charge on any atom is -0.370 e. The first-order chi connectivity index (χ1) is 8.94. The standard InChI is InChI=1S/C14H19F3N2/c1-11-4-2-6-13(8-11)19-7-3-5-12(9-19)18-10-14(15,16)17/h2,4,6,8,12,18H,3,5,7,9-10H2,1H3. The summed E-state index contributed by atoms with van der Waals surface area (Å²) < 4.78 is 36.6. The number of alkyl halides is 3. The van der Waals surface area contributed by atoms with Crippen molar-refractivity contribution in [2.24, 2.45) is 0 Å². The number of hydrogen-bond acceptors (Lipinski definition) is 2. The number of halogens is 3. The first-order valence-electron chi connectivity index (χ1n) is 6.56. The fourth-order valence-electron chi connectivity index (χ4n) is 2.46. The highest BCUT2D eigenvalue weighted by Gasteiger charge is 2.29. The van der Waals surface area contributed by atoms with E-state index in [1.165, 1.54) is 5.56 Å². The van der Waals surface area contributed by atoms with Gasteiger partial charge in [-0.15, -0.1) is 0 Å². The van der Waals surface area contributed by atoms with E-state index in [9.17, 15) is 13.2 Å². The molecule has 1 atom stereocenters. The van der Waals surface area contributed by atoms with Crippen molar-refractivity contribution < 1.29 is 13.2 Å². The third-order valence-electron chi connectivity index (χ3n) is 3.38. The maximum Gasteiger partial charge on any atom is 0.401 e. The fraction of sp³-hybridized carbons (Fsp3) is 0.571. The van der Waals surface area contributed by atoms with Gasteiger partial charge in [0.05, 0.1) is 6.54 Å². The van der Waals surface area contributed by atoms with Gasteiger partial charge in [0, 0.05) is 24.8 Å². The Hall–Kier alpha value is -1.23. The van der Waals surface area contributed by atoms with E-state index in [1.54, 1.807) is 0 Å². The van der Waals surface area contributed by atoms with Gasteiger partial charge in [0.2, 0.25) is 0 Å². The van der Waals surface area contributed by atoms with Gasteiger partial charge in [-0.05, 0) is 37.5 Å². The van der Waals surface area contributed by atoms with Crippen LogP contribution in [-0.2, 0) is 0 Å². The van der Waals surface area contributed by atoms with E-state index in [4.69, 9.17) is 0 Å². The van der Waals surface area contributed by atoms with Crippen LogP contribution < -0.4 is 10.2 Å². The van der Waals surface area contributed by atoms with Crippen LogP contribution in [0.25, 0.3) is 0 Å². The summed E-state index contributed by atoms with van der Waals surface area (Å²) in [6.07, 6.45) is -2.41. The summed E-state index contributed by atoms with van der Waals surface area (Å²) in [7, 11) is 0. The molecule has 106 valence electrons. The van der Waals surface area contributed by atoms with E-state index in [0.29, 0.717) is 6.54 Å². The number of aryl methyl sites for hydroxylation is 1. The van der Waals surface area contributed by atoms with Crippen LogP contribution in [0.15, 0.2) is 24.3 Å². The molecule has 1 unspecified atom stereocenters. The van der Waals surface area contributed by atoms with Crippen LogP contribution in [0.1, 0.15) is 18.4 Å². The first kappa shape index (κ1) is 14.2. The predicted molar refractivity (Wildman–Crippen MR) is 70.5 cm³/mol. The number of rotatable bonds is 3. The smallest absolute Gasteiger partial charge is 0.370 e. The molecule has 1 N–H and O–H groups in total. The Labute approximate surface area is 111 Å². The summed E-state index contributed by atoms with van der Waals surface area (Å²) >= 11 is 0. The Morgan fingerprint density at radius 3 is 2.84 bits per heavy atom.